The molecule has 0 amide bonds. The highest BCUT2D eigenvalue weighted by Gasteiger charge is 2.11. The van der Waals surface area contributed by atoms with Crippen molar-refractivity contribution >= 4 is 0 Å². The topological polar surface area (TPSA) is 18.5 Å². The third-order valence-corrected chi connectivity index (χ3v) is 3.80. The molecule has 116 valence electrons. The van der Waals surface area contributed by atoms with E-state index in [1.54, 1.807) is 26.4 Å². The highest BCUT2D eigenvalue weighted by Crippen LogP contribution is 2.32. The maximum Gasteiger partial charge on any atom is 0.138 e. The molecule has 0 aromatic heterocycles. The van der Waals surface area contributed by atoms with Gasteiger partial charge >= 0.3 is 0 Å². The van der Waals surface area contributed by atoms with Crippen LogP contribution in [0.1, 0.15) is 0 Å². The molecule has 0 spiro atoms. The van der Waals surface area contributed by atoms with E-state index in [1.807, 2.05) is 54.6 Å². The first-order valence-electron chi connectivity index (χ1n) is 7.30. The highest BCUT2D eigenvalue weighted by atomic mass is 19.1. The molecule has 0 radical (unpaired) electrons. The predicted molar refractivity (Wildman–Crippen MR) is 90.4 cm³/mol. The zero-order valence-corrected chi connectivity index (χ0v) is 13.0. The maximum atomic E-state index is 14.9. The zero-order valence-electron chi connectivity index (χ0n) is 13.0. The van der Waals surface area contributed by atoms with Crippen molar-refractivity contribution in [1.82, 2.24) is 0 Å². The summed E-state index contributed by atoms with van der Waals surface area (Å²) in [5, 5.41) is 0. The van der Waals surface area contributed by atoms with E-state index in [0.29, 0.717) is 11.1 Å². The van der Waals surface area contributed by atoms with Crippen LogP contribution >= 0.6 is 0 Å². The van der Waals surface area contributed by atoms with Gasteiger partial charge in [0.1, 0.15) is 17.3 Å². The van der Waals surface area contributed by atoms with Crippen LogP contribution in [0.3, 0.4) is 0 Å². The van der Waals surface area contributed by atoms with E-state index in [2.05, 4.69) is 0 Å². The van der Waals surface area contributed by atoms with Crippen LogP contribution in [0.5, 0.6) is 11.5 Å². The summed E-state index contributed by atoms with van der Waals surface area (Å²) in [4.78, 5) is 0. The SMILES string of the molecule is COc1ccc(-c2cccc(-c3ccc(OC)cc3)c2F)cc1. The normalized spacial score (nSPS) is 10.4. The van der Waals surface area contributed by atoms with Crippen LogP contribution < -0.4 is 9.47 Å². The molecule has 23 heavy (non-hydrogen) atoms. The summed E-state index contributed by atoms with van der Waals surface area (Å²) >= 11 is 0. The van der Waals surface area contributed by atoms with Gasteiger partial charge in [-0.1, -0.05) is 42.5 Å². The van der Waals surface area contributed by atoms with Gasteiger partial charge in [-0.2, -0.15) is 0 Å². The van der Waals surface area contributed by atoms with Gasteiger partial charge in [0.05, 0.1) is 14.2 Å². The number of ether oxygens (including phenoxy) is 2. The molecule has 0 unspecified atom stereocenters. The number of methoxy groups -OCH3 is 2. The van der Waals surface area contributed by atoms with Crippen molar-refractivity contribution in [3.8, 4) is 33.8 Å². The summed E-state index contributed by atoms with van der Waals surface area (Å²) in [5.41, 5.74) is 2.78. The third kappa shape index (κ3) is 3.04. The van der Waals surface area contributed by atoms with Crippen LogP contribution in [0.25, 0.3) is 22.3 Å². The molecule has 3 aromatic rings. The van der Waals surface area contributed by atoms with Gasteiger partial charge in [0, 0.05) is 11.1 Å². The van der Waals surface area contributed by atoms with E-state index in [-0.39, 0.29) is 5.82 Å². The second kappa shape index (κ2) is 6.53. The van der Waals surface area contributed by atoms with Gasteiger partial charge in [-0.15, -0.1) is 0 Å². The number of halogens is 1. The van der Waals surface area contributed by atoms with Crippen LogP contribution in [-0.4, -0.2) is 14.2 Å². The van der Waals surface area contributed by atoms with Crippen molar-refractivity contribution in [2.45, 2.75) is 0 Å². The largest absolute Gasteiger partial charge is 0.497 e. The Hall–Kier alpha value is -2.81. The lowest BCUT2D eigenvalue weighted by Gasteiger charge is -2.10. The van der Waals surface area contributed by atoms with Crippen molar-refractivity contribution in [3.05, 3.63) is 72.5 Å². The molecule has 0 saturated carbocycles. The Bertz CT molecular complexity index is 727. The molecule has 0 N–H and O–H groups in total. The molecule has 0 aliphatic carbocycles. The monoisotopic (exact) mass is 308 g/mol. The van der Waals surface area contributed by atoms with Crippen LogP contribution in [0.2, 0.25) is 0 Å². The van der Waals surface area contributed by atoms with Crippen molar-refractivity contribution in [1.29, 1.82) is 0 Å². The first-order valence-corrected chi connectivity index (χ1v) is 7.30. The first-order chi connectivity index (χ1) is 11.2. The minimum absolute atomic E-state index is 0.233. The molecule has 3 aromatic carbocycles. The summed E-state index contributed by atoms with van der Waals surface area (Å²) in [6.45, 7) is 0. The Labute approximate surface area is 135 Å². The predicted octanol–water partition coefficient (Wildman–Crippen LogP) is 5.18. The average molecular weight is 308 g/mol. The van der Waals surface area contributed by atoms with Gasteiger partial charge < -0.3 is 9.47 Å². The summed E-state index contributed by atoms with van der Waals surface area (Å²) in [5.74, 6) is 1.27. The molecule has 0 fully saturated rings. The minimum atomic E-state index is -0.233. The molecular formula is C20H17FO2. The van der Waals surface area contributed by atoms with Gasteiger partial charge in [-0.25, -0.2) is 4.39 Å². The summed E-state index contributed by atoms with van der Waals surface area (Å²) in [6.07, 6.45) is 0. The van der Waals surface area contributed by atoms with E-state index in [0.717, 1.165) is 22.6 Å². The second-order valence-corrected chi connectivity index (χ2v) is 5.12. The fraction of sp³-hybridized carbons (Fsp3) is 0.100. The fourth-order valence-corrected chi connectivity index (χ4v) is 2.52. The van der Waals surface area contributed by atoms with Crippen molar-refractivity contribution < 1.29 is 13.9 Å². The minimum Gasteiger partial charge on any atom is -0.497 e. The van der Waals surface area contributed by atoms with Gasteiger partial charge in [-0.05, 0) is 35.4 Å². The maximum absolute atomic E-state index is 14.9. The number of benzene rings is 3. The molecule has 0 heterocycles. The molecule has 0 atom stereocenters. The van der Waals surface area contributed by atoms with Crippen LogP contribution in [-0.2, 0) is 0 Å². The summed E-state index contributed by atoms with van der Waals surface area (Å²) in [6, 6.07) is 20.2. The Morgan fingerprint density at radius 2 is 1.00 bits per heavy atom. The molecule has 0 aliphatic rings. The number of rotatable bonds is 4. The van der Waals surface area contributed by atoms with Gasteiger partial charge in [0.25, 0.3) is 0 Å². The van der Waals surface area contributed by atoms with E-state index in [4.69, 9.17) is 9.47 Å². The van der Waals surface area contributed by atoms with E-state index in [1.165, 1.54) is 0 Å². The molecule has 0 aliphatic heterocycles. The smallest absolute Gasteiger partial charge is 0.138 e. The Kier molecular flexibility index (Phi) is 4.29. The molecule has 0 bridgehead atoms. The van der Waals surface area contributed by atoms with E-state index < -0.39 is 0 Å². The Morgan fingerprint density at radius 3 is 1.35 bits per heavy atom. The fourth-order valence-electron chi connectivity index (χ4n) is 2.52. The molecular weight excluding hydrogens is 291 g/mol. The summed E-state index contributed by atoms with van der Waals surface area (Å²) < 4.78 is 25.2. The van der Waals surface area contributed by atoms with E-state index in [9.17, 15) is 4.39 Å². The summed E-state index contributed by atoms with van der Waals surface area (Å²) in [7, 11) is 3.22. The Morgan fingerprint density at radius 1 is 0.609 bits per heavy atom. The van der Waals surface area contributed by atoms with Crippen LogP contribution in [0.4, 0.5) is 4.39 Å². The number of hydrogen-bond acceptors (Lipinski definition) is 2. The van der Waals surface area contributed by atoms with Crippen molar-refractivity contribution in [2.75, 3.05) is 14.2 Å². The second-order valence-electron chi connectivity index (χ2n) is 5.12. The standard InChI is InChI=1S/C20H17FO2/c1-22-16-10-6-14(7-11-16)18-4-3-5-19(20(18)21)15-8-12-17(23-2)13-9-15/h3-13H,1-2H3. The molecule has 3 rings (SSSR count). The van der Waals surface area contributed by atoms with Gasteiger partial charge in [-0.3, -0.25) is 0 Å². The lowest BCUT2D eigenvalue weighted by Crippen LogP contribution is -1.90. The van der Waals surface area contributed by atoms with Crippen molar-refractivity contribution in [3.63, 3.8) is 0 Å². The zero-order chi connectivity index (χ0) is 16.2. The highest BCUT2D eigenvalue weighted by molar-refractivity contribution is 5.74. The van der Waals surface area contributed by atoms with Gasteiger partial charge in [0.15, 0.2) is 0 Å². The third-order valence-electron chi connectivity index (χ3n) is 3.80. The quantitative estimate of drug-likeness (QED) is 0.661. The Balaban J connectivity index is 2.02. The van der Waals surface area contributed by atoms with E-state index >= 15 is 0 Å². The molecule has 2 nitrogen and oxygen atoms in total. The lowest BCUT2D eigenvalue weighted by molar-refractivity contribution is 0.415. The van der Waals surface area contributed by atoms with Crippen molar-refractivity contribution in [2.24, 2.45) is 0 Å². The molecule has 0 saturated heterocycles. The molecule has 3 heteroatoms. The number of hydrogen-bond donors (Lipinski definition) is 0. The lowest BCUT2D eigenvalue weighted by atomic mass is 9.98. The first kappa shape index (κ1) is 15.1. The van der Waals surface area contributed by atoms with Gasteiger partial charge in [0.2, 0.25) is 0 Å². The average Bonchev–Trinajstić information content (AvgIpc) is 2.62. The van der Waals surface area contributed by atoms with Crippen LogP contribution in [0.15, 0.2) is 66.7 Å². The van der Waals surface area contributed by atoms with Crippen LogP contribution in [0, 0.1) is 5.82 Å².